The fraction of sp³-hybridized carbons (Fsp3) is 0.278. The zero-order valence-electron chi connectivity index (χ0n) is 13.1. The number of carbonyl (C=O) groups is 2. The van der Waals surface area contributed by atoms with Gasteiger partial charge in [-0.2, -0.15) is 4.79 Å². The second-order valence-electron chi connectivity index (χ2n) is 5.41. The smallest absolute Gasteiger partial charge is 0.360 e. The largest absolute Gasteiger partial charge is 0.421 e. The Kier molecular flexibility index (Phi) is 5.39. The van der Waals surface area contributed by atoms with Gasteiger partial charge in [0.25, 0.3) is 0 Å². The Balaban J connectivity index is 2.47. The Labute approximate surface area is 135 Å². The summed E-state index contributed by atoms with van der Waals surface area (Å²) in [6.07, 6.45) is 6.96. The number of ketones is 1. The molecule has 5 nitrogen and oxygen atoms in total. The van der Waals surface area contributed by atoms with Crippen molar-refractivity contribution in [2.45, 2.75) is 31.8 Å². The van der Waals surface area contributed by atoms with E-state index in [0.717, 1.165) is 5.56 Å². The van der Waals surface area contributed by atoms with E-state index < -0.39 is 17.4 Å². The SMILES string of the molecule is C=CC[C@@H]1CC=C[C@@H](c2ccccc2)N1C(=O)C(=[N+]=[N-])C(C)=O. The lowest BCUT2D eigenvalue weighted by Gasteiger charge is -2.38. The molecule has 0 unspecified atom stereocenters. The van der Waals surface area contributed by atoms with E-state index in [0.29, 0.717) is 12.8 Å². The molecule has 5 heteroatoms. The van der Waals surface area contributed by atoms with Crippen molar-refractivity contribution in [2.24, 2.45) is 0 Å². The number of Topliss-reactive ketones (excluding diaryl/α,β-unsaturated/α-hetero) is 1. The van der Waals surface area contributed by atoms with Crippen molar-refractivity contribution in [3.63, 3.8) is 0 Å². The zero-order chi connectivity index (χ0) is 16.8. The van der Waals surface area contributed by atoms with E-state index in [2.05, 4.69) is 11.4 Å². The monoisotopic (exact) mass is 309 g/mol. The van der Waals surface area contributed by atoms with Crippen LogP contribution in [0.2, 0.25) is 0 Å². The molecule has 1 heterocycles. The van der Waals surface area contributed by atoms with Gasteiger partial charge in [-0.15, -0.1) is 6.58 Å². The van der Waals surface area contributed by atoms with Crippen molar-refractivity contribution in [3.8, 4) is 0 Å². The predicted molar refractivity (Wildman–Crippen MR) is 87.7 cm³/mol. The highest BCUT2D eigenvalue weighted by Crippen LogP contribution is 2.31. The fourth-order valence-corrected chi connectivity index (χ4v) is 2.80. The van der Waals surface area contributed by atoms with Crippen molar-refractivity contribution >= 4 is 17.4 Å². The molecular formula is C18H19N3O2. The van der Waals surface area contributed by atoms with Gasteiger partial charge in [0.2, 0.25) is 5.78 Å². The molecule has 2 atom stereocenters. The normalized spacial score (nSPS) is 19.8. The van der Waals surface area contributed by atoms with Crippen LogP contribution in [0.3, 0.4) is 0 Å². The van der Waals surface area contributed by atoms with E-state index in [9.17, 15) is 9.59 Å². The number of carbonyl (C=O) groups excluding carboxylic acids is 2. The molecule has 1 aromatic rings. The minimum absolute atomic E-state index is 0.133. The van der Waals surface area contributed by atoms with Gasteiger partial charge >= 0.3 is 11.6 Å². The first-order chi connectivity index (χ1) is 11.1. The van der Waals surface area contributed by atoms with Crippen molar-refractivity contribution < 1.29 is 14.4 Å². The van der Waals surface area contributed by atoms with Gasteiger partial charge < -0.3 is 10.4 Å². The maximum Gasteiger partial charge on any atom is 0.421 e. The van der Waals surface area contributed by atoms with Gasteiger partial charge in [0, 0.05) is 13.0 Å². The van der Waals surface area contributed by atoms with Crippen LogP contribution in [0.25, 0.3) is 5.53 Å². The third kappa shape index (κ3) is 3.52. The van der Waals surface area contributed by atoms with Crippen LogP contribution in [0, 0.1) is 0 Å². The molecule has 0 saturated heterocycles. The molecule has 23 heavy (non-hydrogen) atoms. The third-order valence-corrected chi connectivity index (χ3v) is 3.87. The standard InChI is InChI=1S/C18H19N3O2/c1-3-8-15-11-7-12-16(14-9-5-4-6-10-14)21(15)18(23)17(20-19)13(2)22/h3-7,9-10,12,15-16H,1,8,11H2,2H3/t15-,16+/m1/s1. The summed E-state index contributed by atoms with van der Waals surface area (Å²) in [7, 11) is 0. The first kappa shape index (κ1) is 16.6. The summed E-state index contributed by atoms with van der Waals surface area (Å²) < 4.78 is 0. The fourth-order valence-electron chi connectivity index (χ4n) is 2.80. The van der Waals surface area contributed by atoms with Gasteiger partial charge in [0.15, 0.2) is 0 Å². The number of hydrogen-bond acceptors (Lipinski definition) is 2. The average molecular weight is 309 g/mol. The number of rotatable bonds is 5. The first-order valence-corrected chi connectivity index (χ1v) is 7.48. The highest BCUT2D eigenvalue weighted by Gasteiger charge is 2.39. The van der Waals surface area contributed by atoms with Gasteiger partial charge in [-0.3, -0.25) is 9.59 Å². The molecule has 1 aliphatic heterocycles. The molecule has 0 aliphatic carbocycles. The predicted octanol–water partition coefficient (Wildman–Crippen LogP) is 2.72. The van der Waals surface area contributed by atoms with Gasteiger partial charge in [-0.05, 0) is 18.4 Å². The number of benzene rings is 1. The first-order valence-electron chi connectivity index (χ1n) is 7.48. The van der Waals surface area contributed by atoms with Crippen LogP contribution in [-0.2, 0) is 9.59 Å². The summed E-state index contributed by atoms with van der Waals surface area (Å²) in [5.41, 5.74) is 9.54. The van der Waals surface area contributed by atoms with Crippen LogP contribution >= 0.6 is 0 Å². The van der Waals surface area contributed by atoms with E-state index in [1.165, 1.54) is 6.92 Å². The van der Waals surface area contributed by atoms with E-state index in [-0.39, 0.29) is 12.1 Å². The molecule has 1 aromatic carbocycles. The van der Waals surface area contributed by atoms with Gasteiger partial charge in [0.05, 0.1) is 6.04 Å². The summed E-state index contributed by atoms with van der Waals surface area (Å²) in [4.78, 5) is 28.9. The lowest BCUT2D eigenvalue weighted by Crippen LogP contribution is -2.48. The molecule has 1 amide bonds. The molecular weight excluding hydrogens is 290 g/mol. The van der Waals surface area contributed by atoms with E-state index in [1.807, 2.05) is 42.5 Å². The van der Waals surface area contributed by atoms with Crippen LogP contribution < -0.4 is 0 Å². The van der Waals surface area contributed by atoms with Crippen molar-refractivity contribution in [1.82, 2.24) is 4.90 Å². The molecule has 0 radical (unpaired) electrons. The minimum atomic E-state index is -0.565. The molecule has 0 saturated carbocycles. The lowest BCUT2D eigenvalue weighted by atomic mass is 9.94. The maximum absolute atomic E-state index is 12.8. The molecule has 0 aromatic heterocycles. The molecule has 0 bridgehead atoms. The number of nitrogens with zero attached hydrogens (tertiary/aromatic N) is 3. The highest BCUT2D eigenvalue weighted by molar-refractivity contribution is 6.63. The molecule has 0 fully saturated rings. The summed E-state index contributed by atoms with van der Waals surface area (Å²) in [6, 6.07) is 9.11. The Morgan fingerprint density at radius 1 is 1.39 bits per heavy atom. The van der Waals surface area contributed by atoms with Gasteiger partial charge in [-0.1, -0.05) is 48.6 Å². The lowest BCUT2D eigenvalue weighted by molar-refractivity contribution is -0.135. The van der Waals surface area contributed by atoms with E-state index in [1.54, 1.807) is 11.0 Å². The van der Waals surface area contributed by atoms with Gasteiger partial charge in [-0.25, -0.2) is 0 Å². The van der Waals surface area contributed by atoms with Crippen molar-refractivity contribution in [1.29, 1.82) is 0 Å². The second kappa shape index (κ2) is 7.47. The Bertz CT molecular complexity index is 687. The summed E-state index contributed by atoms with van der Waals surface area (Å²) in [5.74, 6) is -1.12. The highest BCUT2D eigenvalue weighted by atomic mass is 16.2. The second-order valence-corrected chi connectivity index (χ2v) is 5.41. The molecule has 0 N–H and O–H groups in total. The van der Waals surface area contributed by atoms with E-state index >= 15 is 0 Å². The Morgan fingerprint density at radius 2 is 2.09 bits per heavy atom. The van der Waals surface area contributed by atoms with Crippen LogP contribution in [0.15, 0.2) is 55.1 Å². The van der Waals surface area contributed by atoms with Crippen LogP contribution in [0.5, 0.6) is 0 Å². The Hall–Kier alpha value is -2.78. The van der Waals surface area contributed by atoms with Crippen molar-refractivity contribution in [2.75, 3.05) is 0 Å². The van der Waals surface area contributed by atoms with Crippen LogP contribution in [0.1, 0.15) is 31.4 Å². The summed E-state index contributed by atoms with van der Waals surface area (Å²) >= 11 is 0. The number of amides is 1. The molecule has 118 valence electrons. The minimum Gasteiger partial charge on any atom is -0.360 e. The molecule has 0 spiro atoms. The van der Waals surface area contributed by atoms with E-state index in [4.69, 9.17) is 5.53 Å². The maximum atomic E-state index is 12.8. The summed E-state index contributed by atoms with van der Waals surface area (Å²) in [5, 5.41) is 0. The quantitative estimate of drug-likeness (QED) is 0.276. The summed E-state index contributed by atoms with van der Waals surface area (Å²) in [6.45, 7) is 4.95. The topological polar surface area (TPSA) is 73.8 Å². The van der Waals surface area contributed by atoms with Gasteiger partial charge in [0.1, 0.15) is 0 Å². The number of hydrogen-bond donors (Lipinski definition) is 0. The van der Waals surface area contributed by atoms with Crippen molar-refractivity contribution in [3.05, 3.63) is 66.2 Å². The Morgan fingerprint density at radius 3 is 2.65 bits per heavy atom. The zero-order valence-corrected chi connectivity index (χ0v) is 13.1. The average Bonchev–Trinajstić information content (AvgIpc) is 2.56. The molecule has 1 aliphatic rings. The van der Waals surface area contributed by atoms with Crippen LogP contribution in [0.4, 0.5) is 0 Å². The third-order valence-electron chi connectivity index (χ3n) is 3.87. The van der Waals surface area contributed by atoms with Crippen LogP contribution in [-0.4, -0.2) is 33.1 Å². The molecule has 2 rings (SSSR count).